The van der Waals surface area contributed by atoms with Gasteiger partial charge in [0, 0.05) is 76.2 Å². The van der Waals surface area contributed by atoms with Gasteiger partial charge in [-0.05, 0) is 49.8 Å². The number of thiophene rings is 1. The second-order valence-electron chi connectivity index (χ2n) is 9.03. The van der Waals surface area contributed by atoms with Crippen molar-refractivity contribution < 1.29 is 9.53 Å². The molecule has 1 unspecified atom stereocenters. The SMILES string of the molecule is C=CN(C)C.CCCC1=C(C=NC)C(=O)N(c2cccc(OC(CCNC)c3cccs3)c2)CCN1C. The number of rotatable bonds is 11. The van der Waals surface area contributed by atoms with Crippen LogP contribution in [0, 0.1) is 0 Å². The maximum Gasteiger partial charge on any atom is 0.261 e. The third-order valence-electron chi connectivity index (χ3n) is 5.94. The predicted octanol–water partition coefficient (Wildman–Crippen LogP) is 5.20. The Morgan fingerprint density at radius 3 is 2.62 bits per heavy atom. The number of aliphatic imine (C=N–C) groups is 1. The summed E-state index contributed by atoms with van der Waals surface area (Å²) in [6, 6.07) is 12.0. The minimum Gasteiger partial charge on any atom is -0.485 e. The summed E-state index contributed by atoms with van der Waals surface area (Å²) in [5, 5.41) is 5.28. The van der Waals surface area contributed by atoms with E-state index in [9.17, 15) is 4.79 Å². The lowest BCUT2D eigenvalue weighted by molar-refractivity contribution is -0.114. The Morgan fingerprint density at radius 2 is 2.03 bits per heavy atom. The van der Waals surface area contributed by atoms with E-state index in [1.54, 1.807) is 30.8 Å². The number of carbonyl (C=O) groups excluding carboxylic acids is 1. The highest BCUT2D eigenvalue weighted by Crippen LogP contribution is 2.31. The van der Waals surface area contributed by atoms with Crippen molar-refractivity contribution in [2.24, 2.45) is 4.99 Å². The van der Waals surface area contributed by atoms with Gasteiger partial charge in [-0.2, -0.15) is 0 Å². The van der Waals surface area contributed by atoms with Crippen LogP contribution in [0.25, 0.3) is 0 Å². The van der Waals surface area contributed by atoms with Gasteiger partial charge in [-0.3, -0.25) is 9.79 Å². The number of carbonyl (C=O) groups is 1. The number of nitrogens with one attached hydrogen (secondary N) is 1. The van der Waals surface area contributed by atoms with Gasteiger partial charge in [0.25, 0.3) is 5.91 Å². The van der Waals surface area contributed by atoms with Crippen molar-refractivity contribution in [1.82, 2.24) is 15.1 Å². The van der Waals surface area contributed by atoms with Crippen molar-refractivity contribution in [3.05, 3.63) is 70.7 Å². The highest BCUT2D eigenvalue weighted by Gasteiger charge is 2.27. The summed E-state index contributed by atoms with van der Waals surface area (Å²) in [6.07, 6.45) is 6.13. The molecule has 0 fully saturated rings. The summed E-state index contributed by atoms with van der Waals surface area (Å²) in [7, 11) is 9.59. The third kappa shape index (κ3) is 9.05. The molecule has 1 aliphatic rings. The van der Waals surface area contributed by atoms with Crippen molar-refractivity contribution >= 4 is 29.1 Å². The van der Waals surface area contributed by atoms with Crippen LogP contribution in [-0.2, 0) is 4.79 Å². The van der Waals surface area contributed by atoms with E-state index in [1.807, 2.05) is 55.2 Å². The first-order chi connectivity index (χ1) is 17.9. The summed E-state index contributed by atoms with van der Waals surface area (Å²) in [5.41, 5.74) is 2.58. The molecule has 0 bridgehead atoms. The zero-order chi connectivity index (χ0) is 27.2. The average molecular weight is 526 g/mol. The van der Waals surface area contributed by atoms with Crippen molar-refractivity contribution in [1.29, 1.82) is 0 Å². The molecule has 1 N–H and O–H groups in total. The van der Waals surface area contributed by atoms with E-state index in [-0.39, 0.29) is 12.0 Å². The zero-order valence-corrected chi connectivity index (χ0v) is 24.1. The van der Waals surface area contributed by atoms with E-state index in [0.717, 1.165) is 49.5 Å². The monoisotopic (exact) mass is 525 g/mol. The predicted molar refractivity (Wildman–Crippen MR) is 158 cm³/mol. The van der Waals surface area contributed by atoms with Gasteiger partial charge in [-0.25, -0.2) is 0 Å². The molecule has 2 heterocycles. The number of hydrogen-bond acceptors (Lipinski definition) is 7. The number of likely N-dealkylation sites (N-methyl/N-ethyl adjacent to an activating group) is 1. The molecule has 0 saturated carbocycles. The smallest absolute Gasteiger partial charge is 0.261 e. The average Bonchev–Trinajstić information content (AvgIpc) is 3.40. The molecule has 0 radical (unpaired) electrons. The van der Waals surface area contributed by atoms with Crippen LogP contribution < -0.4 is 15.0 Å². The van der Waals surface area contributed by atoms with Crippen LogP contribution in [0.1, 0.15) is 37.2 Å². The Labute approximate surface area is 227 Å². The fourth-order valence-corrected chi connectivity index (χ4v) is 4.72. The van der Waals surface area contributed by atoms with E-state index < -0.39 is 0 Å². The molecule has 2 aromatic rings. The van der Waals surface area contributed by atoms with E-state index in [0.29, 0.717) is 12.1 Å². The lowest BCUT2D eigenvalue weighted by Gasteiger charge is -2.24. The first-order valence-electron chi connectivity index (χ1n) is 12.8. The van der Waals surface area contributed by atoms with E-state index >= 15 is 0 Å². The van der Waals surface area contributed by atoms with Gasteiger partial charge >= 0.3 is 0 Å². The third-order valence-corrected chi connectivity index (χ3v) is 6.91. The zero-order valence-electron chi connectivity index (χ0n) is 23.2. The maximum absolute atomic E-state index is 13.5. The Kier molecular flexibility index (Phi) is 12.9. The normalized spacial score (nSPS) is 14.8. The molecule has 37 heavy (non-hydrogen) atoms. The van der Waals surface area contributed by atoms with Gasteiger partial charge in [0.05, 0.1) is 5.57 Å². The number of allylic oxidation sites excluding steroid dienone is 1. The molecule has 1 atom stereocenters. The Hall–Kier alpha value is -3.10. The highest BCUT2D eigenvalue weighted by molar-refractivity contribution is 7.10. The Balaban J connectivity index is 0.000000877. The molecular formula is C29H43N5O2S. The Bertz CT molecular complexity index is 1030. The molecular weight excluding hydrogens is 482 g/mol. The summed E-state index contributed by atoms with van der Waals surface area (Å²) < 4.78 is 6.40. The second-order valence-corrected chi connectivity index (χ2v) is 10.0. The molecule has 0 spiro atoms. The van der Waals surface area contributed by atoms with Crippen molar-refractivity contribution in [3.8, 4) is 5.75 Å². The van der Waals surface area contributed by atoms with Crippen LogP contribution >= 0.6 is 11.3 Å². The molecule has 1 aromatic heterocycles. The first kappa shape index (κ1) is 30.1. The maximum atomic E-state index is 13.5. The van der Waals surface area contributed by atoms with Crippen LogP contribution in [0.3, 0.4) is 0 Å². The molecule has 1 amide bonds. The van der Waals surface area contributed by atoms with Crippen molar-refractivity contribution in [3.63, 3.8) is 0 Å². The first-order valence-corrected chi connectivity index (χ1v) is 13.7. The quantitative estimate of drug-likeness (QED) is 0.409. The van der Waals surface area contributed by atoms with Crippen molar-refractivity contribution in [2.45, 2.75) is 32.3 Å². The topological polar surface area (TPSA) is 60.4 Å². The van der Waals surface area contributed by atoms with Crippen LogP contribution in [0.15, 0.2) is 70.8 Å². The van der Waals surface area contributed by atoms with Gasteiger partial charge in [-0.1, -0.05) is 32.1 Å². The van der Waals surface area contributed by atoms with Gasteiger partial charge in [0.2, 0.25) is 0 Å². The van der Waals surface area contributed by atoms with Gasteiger partial charge in [0.15, 0.2) is 0 Å². The van der Waals surface area contributed by atoms with E-state index in [2.05, 4.69) is 53.3 Å². The van der Waals surface area contributed by atoms with E-state index in [4.69, 9.17) is 4.74 Å². The molecule has 1 aromatic carbocycles. The summed E-state index contributed by atoms with van der Waals surface area (Å²) in [6.45, 7) is 7.87. The molecule has 3 rings (SSSR count). The largest absolute Gasteiger partial charge is 0.485 e. The number of ether oxygens (including phenoxy) is 1. The fourth-order valence-electron chi connectivity index (χ4n) is 3.93. The molecule has 0 aliphatic carbocycles. The fraction of sp³-hybridized carbons (Fsp3) is 0.448. The lowest BCUT2D eigenvalue weighted by Crippen LogP contribution is -2.34. The van der Waals surface area contributed by atoms with Gasteiger partial charge in [-0.15, -0.1) is 11.3 Å². The van der Waals surface area contributed by atoms with Crippen LogP contribution in [0.4, 0.5) is 5.69 Å². The van der Waals surface area contributed by atoms with Crippen LogP contribution in [0.2, 0.25) is 0 Å². The highest BCUT2D eigenvalue weighted by atomic mass is 32.1. The van der Waals surface area contributed by atoms with Crippen molar-refractivity contribution in [2.75, 3.05) is 59.8 Å². The number of anilines is 1. The standard InChI is InChI=1S/C25H34N4O2S.C4H9N/c1-5-8-22-21(18-27-3)25(30)29(15-14-28(22)4)19-9-6-10-20(17-19)31-23(12-13-26-2)24-11-7-16-32-24;1-4-5(2)3/h6-7,9-11,16-18,23,26H,5,8,12-15H2,1-4H3;4H,1H2,2-3H3. The number of nitrogens with zero attached hydrogens (tertiary/aromatic N) is 4. The number of benzene rings is 1. The molecule has 8 heteroatoms. The van der Waals surface area contributed by atoms with Crippen LogP contribution in [0.5, 0.6) is 5.75 Å². The molecule has 202 valence electrons. The molecule has 7 nitrogen and oxygen atoms in total. The van der Waals surface area contributed by atoms with Gasteiger partial charge in [0.1, 0.15) is 11.9 Å². The molecule has 0 saturated heterocycles. The summed E-state index contributed by atoms with van der Waals surface area (Å²) >= 11 is 1.70. The minimum absolute atomic E-state index is 0.00876. The van der Waals surface area contributed by atoms with Crippen LogP contribution in [-0.4, -0.2) is 76.8 Å². The lowest BCUT2D eigenvalue weighted by atomic mass is 10.1. The summed E-state index contributed by atoms with van der Waals surface area (Å²) in [4.78, 5) is 24.8. The second kappa shape index (κ2) is 15.9. The Morgan fingerprint density at radius 1 is 1.27 bits per heavy atom. The van der Waals surface area contributed by atoms with E-state index in [1.165, 1.54) is 4.88 Å². The summed E-state index contributed by atoms with van der Waals surface area (Å²) in [5.74, 6) is 0.761. The molecule has 1 aliphatic heterocycles. The minimum atomic E-state index is -0.0255. The van der Waals surface area contributed by atoms with Gasteiger partial charge < -0.3 is 24.8 Å². The number of hydrogen-bond donors (Lipinski definition) is 1. The number of amides is 1.